The van der Waals surface area contributed by atoms with Crippen molar-refractivity contribution < 1.29 is 4.39 Å². The molecule has 0 radical (unpaired) electrons. The normalized spacial score (nSPS) is 10.5. The molecule has 88 valence electrons. The Morgan fingerprint density at radius 1 is 1.24 bits per heavy atom. The van der Waals surface area contributed by atoms with Crippen LogP contribution < -0.4 is 5.73 Å². The molecule has 0 atom stereocenters. The van der Waals surface area contributed by atoms with Crippen LogP contribution in [0.2, 0.25) is 10.0 Å². The number of nitrogens with zero attached hydrogens (tertiary/aromatic N) is 1. The number of nitrogen functional groups attached to an aromatic ring is 1. The van der Waals surface area contributed by atoms with Crippen LogP contribution in [0.5, 0.6) is 0 Å². The van der Waals surface area contributed by atoms with Gasteiger partial charge in [0.25, 0.3) is 0 Å². The third kappa shape index (κ3) is 2.87. The Labute approximate surface area is 108 Å². The minimum Gasteiger partial charge on any atom is -0.383 e. The van der Waals surface area contributed by atoms with Gasteiger partial charge >= 0.3 is 0 Å². The smallest absolute Gasteiger partial charge is 0.141 e. The zero-order chi connectivity index (χ0) is 12.4. The number of rotatable bonds is 2. The van der Waals surface area contributed by atoms with Crippen LogP contribution in [0.3, 0.4) is 0 Å². The molecule has 0 aliphatic carbocycles. The van der Waals surface area contributed by atoms with Crippen LogP contribution >= 0.6 is 23.2 Å². The minimum absolute atomic E-state index is 0.0936. The SMILES string of the molecule is Nc1ncc(Cl)cc1Cc1ccc(F)c(Cl)c1. The first-order valence-corrected chi connectivity index (χ1v) is 5.65. The summed E-state index contributed by atoms with van der Waals surface area (Å²) in [6, 6.07) is 6.28. The maximum atomic E-state index is 13.0. The lowest BCUT2D eigenvalue weighted by Gasteiger charge is -2.06. The summed E-state index contributed by atoms with van der Waals surface area (Å²) >= 11 is 11.5. The van der Waals surface area contributed by atoms with E-state index < -0.39 is 5.82 Å². The lowest BCUT2D eigenvalue weighted by molar-refractivity contribution is 0.627. The van der Waals surface area contributed by atoms with Gasteiger partial charge < -0.3 is 5.73 Å². The molecule has 1 aromatic heterocycles. The molecule has 17 heavy (non-hydrogen) atoms. The highest BCUT2D eigenvalue weighted by Crippen LogP contribution is 2.22. The lowest BCUT2D eigenvalue weighted by Crippen LogP contribution is -1.98. The molecule has 2 nitrogen and oxygen atoms in total. The quantitative estimate of drug-likeness (QED) is 0.904. The van der Waals surface area contributed by atoms with E-state index in [0.717, 1.165) is 11.1 Å². The molecule has 5 heteroatoms. The Morgan fingerprint density at radius 2 is 2.00 bits per heavy atom. The zero-order valence-electron chi connectivity index (χ0n) is 8.75. The molecule has 1 aromatic carbocycles. The van der Waals surface area contributed by atoms with E-state index in [-0.39, 0.29) is 5.02 Å². The van der Waals surface area contributed by atoms with E-state index in [4.69, 9.17) is 28.9 Å². The molecule has 0 fully saturated rings. The third-order valence-corrected chi connectivity index (χ3v) is 2.84. The van der Waals surface area contributed by atoms with Gasteiger partial charge in [-0.05, 0) is 23.8 Å². The number of hydrogen-bond donors (Lipinski definition) is 1. The number of nitrogens with two attached hydrogens (primary N) is 1. The van der Waals surface area contributed by atoms with E-state index in [0.29, 0.717) is 17.3 Å². The van der Waals surface area contributed by atoms with E-state index in [9.17, 15) is 4.39 Å². The molecule has 2 N–H and O–H groups in total. The van der Waals surface area contributed by atoms with Crippen molar-refractivity contribution in [1.82, 2.24) is 4.98 Å². The van der Waals surface area contributed by atoms with Crippen LogP contribution in [-0.2, 0) is 6.42 Å². The Morgan fingerprint density at radius 3 is 2.71 bits per heavy atom. The van der Waals surface area contributed by atoms with Crippen molar-refractivity contribution in [3.8, 4) is 0 Å². The summed E-state index contributed by atoms with van der Waals surface area (Å²) in [5.41, 5.74) is 7.37. The highest BCUT2D eigenvalue weighted by atomic mass is 35.5. The average Bonchev–Trinajstić information content (AvgIpc) is 2.29. The van der Waals surface area contributed by atoms with E-state index in [2.05, 4.69) is 4.98 Å². The summed E-state index contributed by atoms with van der Waals surface area (Å²) in [5, 5.41) is 0.610. The molecule has 1 heterocycles. The number of benzene rings is 1. The van der Waals surface area contributed by atoms with Gasteiger partial charge in [0.15, 0.2) is 0 Å². The van der Waals surface area contributed by atoms with Crippen LogP contribution in [-0.4, -0.2) is 4.98 Å². The van der Waals surface area contributed by atoms with E-state index in [1.807, 2.05) is 0 Å². The molecule has 0 saturated heterocycles. The van der Waals surface area contributed by atoms with Crippen LogP contribution in [0.4, 0.5) is 10.2 Å². The predicted octanol–water partition coefficient (Wildman–Crippen LogP) is 3.70. The van der Waals surface area contributed by atoms with Gasteiger partial charge in [0.05, 0.1) is 10.0 Å². The maximum absolute atomic E-state index is 13.0. The van der Waals surface area contributed by atoms with Gasteiger partial charge in [-0.25, -0.2) is 9.37 Å². The fraction of sp³-hybridized carbons (Fsp3) is 0.0833. The van der Waals surface area contributed by atoms with Crippen molar-refractivity contribution in [2.45, 2.75) is 6.42 Å². The molecule has 0 saturated carbocycles. The van der Waals surface area contributed by atoms with Gasteiger partial charge in [0.2, 0.25) is 0 Å². The Hall–Kier alpha value is -1.32. The number of aromatic nitrogens is 1. The summed E-state index contributed by atoms with van der Waals surface area (Å²) in [6.07, 6.45) is 2.00. The first-order valence-electron chi connectivity index (χ1n) is 4.90. The second-order valence-electron chi connectivity index (χ2n) is 3.62. The lowest BCUT2D eigenvalue weighted by atomic mass is 10.1. The summed E-state index contributed by atoms with van der Waals surface area (Å²) in [7, 11) is 0. The second-order valence-corrected chi connectivity index (χ2v) is 4.47. The standard InChI is InChI=1S/C12H9Cl2FN2/c13-9-5-8(12(16)17-6-9)3-7-1-2-11(15)10(14)4-7/h1-2,4-6H,3H2,(H2,16,17). The summed E-state index contributed by atoms with van der Waals surface area (Å²) < 4.78 is 13.0. The van der Waals surface area contributed by atoms with Crippen molar-refractivity contribution >= 4 is 29.0 Å². The van der Waals surface area contributed by atoms with Gasteiger partial charge in [-0.3, -0.25) is 0 Å². The van der Waals surface area contributed by atoms with Crippen molar-refractivity contribution in [3.63, 3.8) is 0 Å². The number of pyridine rings is 1. The van der Waals surface area contributed by atoms with Crippen LogP contribution in [0.1, 0.15) is 11.1 Å². The molecule has 0 aliphatic heterocycles. The van der Waals surface area contributed by atoms with Gasteiger partial charge in [0, 0.05) is 18.2 Å². The Kier molecular flexibility index (Phi) is 3.50. The molecular formula is C12H9Cl2FN2. The van der Waals surface area contributed by atoms with E-state index >= 15 is 0 Å². The fourth-order valence-corrected chi connectivity index (χ4v) is 1.89. The summed E-state index contributed by atoms with van der Waals surface area (Å²) in [4.78, 5) is 3.95. The molecule has 0 aliphatic rings. The van der Waals surface area contributed by atoms with Gasteiger partial charge in [0.1, 0.15) is 11.6 Å². The van der Waals surface area contributed by atoms with Crippen molar-refractivity contribution in [2.75, 3.05) is 5.73 Å². The Bertz CT molecular complexity index is 558. The summed E-state index contributed by atoms with van der Waals surface area (Å²) in [5.74, 6) is -0.0255. The van der Waals surface area contributed by atoms with Crippen LogP contribution in [0.25, 0.3) is 0 Å². The monoisotopic (exact) mass is 270 g/mol. The topological polar surface area (TPSA) is 38.9 Å². The maximum Gasteiger partial charge on any atom is 0.141 e. The molecule has 0 amide bonds. The van der Waals surface area contributed by atoms with E-state index in [1.54, 1.807) is 18.2 Å². The van der Waals surface area contributed by atoms with Gasteiger partial charge in [-0.2, -0.15) is 0 Å². The van der Waals surface area contributed by atoms with Crippen molar-refractivity contribution in [2.24, 2.45) is 0 Å². The first-order chi connectivity index (χ1) is 8.06. The minimum atomic E-state index is -0.437. The zero-order valence-corrected chi connectivity index (χ0v) is 10.3. The molecule has 0 spiro atoms. The Balaban J connectivity index is 2.31. The third-order valence-electron chi connectivity index (χ3n) is 2.35. The molecule has 0 bridgehead atoms. The highest BCUT2D eigenvalue weighted by Gasteiger charge is 2.06. The van der Waals surface area contributed by atoms with E-state index in [1.165, 1.54) is 12.3 Å². The molecule has 2 rings (SSSR count). The number of anilines is 1. The average molecular weight is 271 g/mol. The second kappa shape index (κ2) is 4.90. The number of halogens is 3. The summed E-state index contributed by atoms with van der Waals surface area (Å²) in [6.45, 7) is 0. The van der Waals surface area contributed by atoms with Gasteiger partial charge in [-0.15, -0.1) is 0 Å². The van der Waals surface area contributed by atoms with Crippen molar-refractivity contribution in [1.29, 1.82) is 0 Å². The largest absolute Gasteiger partial charge is 0.383 e. The molecule has 0 unspecified atom stereocenters. The predicted molar refractivity (Wildman–Crippen MR) is 67.9 cm³/mol. The van der Waals surface area contributed by atoms with Crippen LogP contribution in [0.15, 0.2) is 30.5 Å². The molecule has 2 aromatic rings. The highest BCUT2D eigenvalue weighted by molar-refractivity contribution is 6.31. The molecular weight excluding hydrogens is 262 g/mol. The van der Waals surface area contributed by atoms with Gasteiger partial charge in [-0.1, -0.05) is 29.3 Å². The van der Waals surface area contributed by atoms with Crippen molar-refractivity contribution in [3.05, 3.63) is 57.5 Å². The fourth-order valence-electron chi connectivity index (χ4n) is 1.50. The van der Waals surface area contributed by atoms with Crippen LogP contribution in [0, 0.1) is 5.82 Å². The number of hydrogen-bond acceptors (Lipinski definition) is 2. The first kappa shape index (κ1) is 12.1.